The number of benzene rings is 2. The Labute approximate surface area is 193 Å². The van der Waals surface area contributed by atoms with Crippen molar-refractivity contribution in [3.8, 4) is 11.1 Å². The van der Waals surface area contributed by atoms with E-state index >= 15 is 8.78 Å². The molecule has 0 unspecified atom stereocenters. The minimum atomic E-state index is -0.920. The molecule has 1 aliphatic heterocycles. The zero-order valence-corrected chi connectivity index (χ0v) is 18.5. The lowest BCUT2D eigenvalue weighted by molar-refractivity contribution is 0.253. The second-order valence-electron chi connectivity index (χ2n) is 7.05. The number of aromatic nitrogens is 1. The molecule has 0 atom stereocenters. The van der Waals surface area contributed by atoms with E-state index in [9.17, 15) is 4.79 Å². The van der Waals surface area contributed by atoms with Crippen molar-refractivity contribution in [3.63, 3.8) is 0 Å². The predicted octanol–water partition coefficient (Wildman–Crippen LogP) is 5.80. The number of fused-ring (bicyclic) bond motifs is 3. The second kappa shape index (κ2) is 8.90. The van der Waals surface area contributed by atoms with E-state index in [1.165, 1.54) is 17.2 Å². The molecule has 2 aromatic carbocycles. The number of pyridine rings is 1. The molecular weight excluding hydrogens is 459 g/mol. The number of urea groups is 1. The molecule has 3 aromatic rings. The predicted molar refractivity (Wildman–Crippen MR) is 124 cm³/mol. The zero-order chi connectivity index (χ0) is 23.0. The van der Waals surface area contributed by atoms with Gasteiger partial charge in [0, 0.05) is 47.7 Å². The number of carbonyl (C=O) groups is 1. The Morgan fingerprint density at radius 1 is 1.06 bits per heavy atom. The lowest BCUT2D eigenvalue weighted by Gasteiger charge is -2.28. The van der Waals surface area contributed by atoms with Crippen LogP contribution in [0.4, 0.5) is 36.5 Å². The molecule has 2 amide bonds. The number of anilines is 4. The Hall–Kier alpha value is -2.94. The van der Waals surface area contributed by atoms with Crippen molar-refractivity contribution in [1.82, 2.24) is 4.98 Å². The molecule has 4 rings (SSSR count). The normalized spacial score (nSPS) is 13.0. The summed E-state index contributed by atoms with van der Waals surface area (Å²) in [6, 6.07) is 8.00. The third-order valence-electron chi connectivity index (χ3n) is 5.03. The molecule has 0 spiro atoms. The van der Waals surface area contributed by atoms with Crippen molar-refractivity contribution < 1.29 is 13.6 Å². The van der Waals surface area contributed by atoms with E-state index in [1.54, 1.807) is 25.1 Å². The van der Waals surface area contributed by atoms with Crippen LogP contribution in [0, 0.1) is 11.6 Å². The molecule has 0 radical (unpaired) electrons. The van der Waals surface area contributed by atoms with Gasteiger partial charge in [0.05, 0.1) is 10.7 Å². The first-order valence-corrected chi connectivity index (χ1v) is 10.6. The second-order valence-corrected chi connectivity index (χ2v) is 7.93. The SMILES string of the molecule is CCN1C(=O)N(c2c(F)cc(NCCN)cc2F)c2cc(Cl)ccc2-c2cc(Cl)cnc21. The van der Waals surface area contributed by atoms with Crippen LogP contribution < -0.4 is 20.9 Å². The average Bonchev–Trinajstić information content (AvgIpc) is 2.84. The fraction of sp³-hybridized carbons (Fsp3) is 0.182. The van der Waals surface area contributed by atoms with E-state index in [0.29, 0.717) is 40.1 Å². The molecule has 6 nitrogen and oxygen atoms in total. The van der Waals surface area contributed by atoms with E-state index in [2.05, 4.69) is 10.3 Å². The van der Waals surface area contributed by atoms with Gasteiger partial charge >= 0.3 is 6.03 Å². The summed E-state index contributed by atoms with van der Waals surface area (Å²) in [5.74, 6) is -1.51. The molecule has 0 saturated heterocycles. The van der Waals surface area contributed by atoms with E-state index < -0.39 is 23.4 Å². The maximum Gasteiger partial charge on any atom is 0.334 e. The molecule has 32 heavy (non-hydrogen) atoms. The van der Waals surface area contributed by atoms with Crippen LogP contribution in [-0.2, 0) is 0 Å². The first kappa shape index (κ1) is 22.3. The van der Waals surface area contributed by atoms with Gasteiger partial charge in [-0.1, -0.05) is 29.3 Å². The molecule has 1 aliphatic rings. The summed E-state index contributed by atoms with van der Waals surface area (Å²) >= 11 is 12.4. The van der Waals surface area contributed by atoms with Crippen molar-refractivity contribution in [3.05, 3.63) is 64.3 Å². The quantitative estimate of drug-likeness (QED) is 0.486. The number of hydrogen-bond donors (Lipinski definition) is 2. The van der Waals surface area contributed by atoms with Crippen LogP contribution in [0.5, 0.6) is 0 Å². The highest BCUT2D eigenvalue weighted by atomic mass is 35.5. The summed E-state index contributed by atoms with van der Waals surface area (Å²) in [5, 5.41) is 3.49. The molecule has 0 bridgehead atoms. The Bertz CT molecular complexity index is 1180. The molecule has 0 fully saturated rings. The van der Waals surface area contributed by atoms with Gasteiger partial charge in [0.1, 0.15) is 11.5 Å². The summed E-state index contributed by atoms with van der Waals surface area (Å²) in [4.78, 5) is 20.3. The van der Waals surface area contributed by atoms with Crippen LogP contribution in [-0.4, -0.2) is 30.6 Å². The summed E-state index contributed by atoms with van der Waals surface area (Å²) in [6.45, 7) is 2.58. The van der Waals surface area contributed by atoms with Gasteiger partial charge in [-0.15, -0.1) is 0 Å². The Morgan fingerprint density at radius 2 is 1.78 bits per heavy atom. The van der Waals surface area contributed by atoms with E-state index in [1.807, 2.05) is 0 Å². The van der Waals surface area contributed by atoms with Crippen LogP contribution >= 0.6 is 23.2 Å². The molecule has 2 heterocycles. The first-order chi connectivity index (χ1) is 15.3. The number of nitrogens with zero attached hydrogens (tertiary/aromatic N) is 3. The van der Waals surface area contributed by atoms with Crippen molar-refractivity contribution in [2.45, 2.75) is 6.92 Å². The highest BCUT2D eigenvalue weighted by molar-refractivity contribution is 6.32. The van der Waals surface area contributed by atoms with Gasteiger partial charge in [-0.3, -0.25) is 9.80 Å². The number of nitrogens with one attached hydrogen (secondary N) is 1. The monoisotopic (exact) mass is 477 g/mol. The fourth-order valence-electron chi connectivity index (χ4n) is 3.68. The fourth-order valence-corrected chi connectivity index (χ4v) is 4.00. The molecule has 10 heteroatoms. The van der Waals surface area contributed by atoms with Gasteiger partial charge in [-0.05, 0) is 37.3 Å². The van der Waals surface area contributed by atoms with Crippen molar-refractivity contribution in [2.24, 2.45) is 5.73 Å². The Morgan fingerprint density at radius 3 is 2.44 bits per heavy atom. The van der Waals surface area contributed by atoms with Gasteiger partial charge in [-0.25, -0.2) is 18.6 Å². The highest BCUT2D eigenvalue weighted by Gasteiger charge is 2.36. The Balaban J connectivity index is 1.99. The Kier molecular flexibility index (Phi) is 6.19. The number of rotatable bonds is 5. The van der Waals surface area contributed by atoms with Crippen LogP contribution in [0.15, 0.2) is 42.6 Å². The average molecular weight is 478 g/mol. The molecule has 166 valence electrons. The van der Waals surface area contributed by atoms with Crippen molar-refractivity contribution in [1.29, 1.82) is 0 Å². The summed E-state index contributed by atoms with van der Waals surface area (Å²) in [7, 11) is 0. The molecule has 0 saturated carbocycles. The van der Waals surface area contributed by atoms with Gasteiger partial charge in [0.25, 0.3) is 0 Å². The van der Waals surface area contributed by atoms with Crippen molar-refractivity contribution >= 4 is 52.1 Å². The lowest BCUT2D eigenvalue weighted by atomic mass is 10.0. The molecule has 3 N–H and O–H groups in total. The van der Waals surface area contributed by atoms with Crippen LogP contribution in [0.2, 0.25) is 10.0 Å². The lowest BCUT2D eigenvalue weighted by Crippen LogP contribution is -2.41. The van der Waals surface area contributed by atoms with Gasteiger partial charge < -0.3 is 11.1 Å². The van der Waals surface area contributed by atoms with Crippen LogP contribution in [0.25, 0.3) is 11.1 Å². The number of carbonyl (C=O) groups excluding carboxylic acids is 1. The minimum absolute atomic E-state index is 0.206. The van der Waals surface area contributed by atoms with Gasteiger partial charge in [-0.2, -0.15) is 0 Å². The summed E-state index contributed by atoms with van der Waals surface area (Å²) in [6.07, 6.45) is 1.42. The summed E-state index contributed by atoms with van der Waals surface area (Å²) in [5.41, 5.74) is 6.41. The van der Waals surface area contributed by atoms with E-state index in [-0.39, 0.29) is 17.9 Å². The largest absolute Gasteiger partial charge is 0.384 e. The number of hydrogen-bond acceptors (Lipinski definition) is 4. The number of halogens is 4. The zero-order valence-electron chi connectivity index (χ0n) is 17.0. The van der Waals surface area contributed by atoms with Gasteiger partial charge in [0.15, 0.2) is 11.6 Å². The first-order valence-electron chi connectivity index (χ1n) is 9.85. The van der Waals surface area contributed by atoms with Gasteiger partial charge in [0.2, 0.25) is 0 Å². The van der Waals surface area contributed by atoms with Crippen LogP contribution in [0.1, 0.15) is 6.92 Å². The minimum Gasteiger partial charge on any atom is -0.384 e. The molecule has 0 aliphatic carbocycles. The number of amides is 2. The van der Waals surface area contributed by atoms with Crippen molar-refractivity contribution in [2.75, 3.05) is 34.8 Å². The third-order valence-corrected chi connectivity index (χ3v) is 5.47. The smallest absolute Gasteiger partial charge is 0.334 e. The van der Waals surface area contributed by atoms with Crippen LogP contribution in [0.3, 0.4) is 0 Å². The highest BCUT2D eigenvalue weighted by Crippen LogP contribution is 2.46. The third kappa shape index (κ3) is 3.85. The molecular formula is C22H19Cl2F2N5O. The maximum absolute atomic E-state index is 15.3. The molecule has 1 aromatic heterocycles. The maximum atomic E-state index is 15.3. The summed E-state index contributed by atoms with van der Waals surface area (Å²) < 4.78 is 30.5. The van der Waals surface area contributed by atoms with E-state index in [0.717, 1.165) is 17.0 Å². The van der Waals surface area contributed by atoms with E-state index in [4.69, 9.17) is 28.9 Å². The topological polar surface area (TPSA) is 74.5 Å². The standard InChI is InChI=1S/C22H19Cl2F2N5O/c1-2-30-21-16(7-13(24)11-29-21)15-4-3-12(23)8-19(15)31(22(30)32)20-17(25)9-14(10-18(20)26)28-6-5-27/h3-4,7-11,28H,2,5-6,27H2,1H3. The number of nitrogens with two attached hydrogens (primary N) is 1.